The summed E-state index contributed by atoms with van der Waals surface area (Å²) in [5, 5.41) is 11.6. The topological polar surface area (TPSA) is 93.7 Å². The second kappa shape index (κ2) is 8.86. The second-order valence-electron chi connectivity index (χ2n) is 7.26. The lowest BCUT2D eigenvalue weighted by atomic mass is 10.1. The number of carbonyl (C=O) groups is 1. The van der Waals surface area contributed by atoms with Gasteiger partial charge in [0.05, 0.1) is 18.4 Å². The lowest BCUT2D eigenvalue weighted by Crippen LogP contribution is -2.35. The Morgan fingerprint density at radius 3 is 2.58 bits per heavy atom. The summed E-state index contributed by atoms with van der Waals surface area (Å²) in [6, 6.07) is 12.4. The van der Waals surface area contributed by atoms with Crippen LogP contribution in [-0.2, 0) is 0 Å². The number of anilines is 1. The second-order valence-corrected chi connectivity index (χ2v) is 7.26. The minimum Gasteiger partial charge on any atom is -0.497 e. The molecular formula is C22H23N5O4. The highest BCUT2D eigenvalue weighted by molar-refractivity contribution is 5.95. The molecule has 1 saturated heterocycles. The van der Waals surface area contributed by atoms with E-state index in [1.165, 1.54) is 12.4 Å². The number of ether oxygens (including phenoxy) is 1. The molecule has 1 amide bonds. The van der Waals surface area contributed by atoms with E-state index in [1.54, 1.807) is 41.1 Å². The third-order valence-corrected chi connectivity index (χ3v) is 5.42. The molecule has 1 aromatic heterocycles. The number of rotatable bonds is 5. The van der Waals surface area contributed by atoms with E-state index in [2.05, 4.69) is 9.88 Å². The number of amides is 1. The first-order valence-electron chi connectivity index (χ1n) is 10.0. The molecule has 4 rings (SSSR count). The van der Waals surface area contributed by atoms with Crippen LogP contribution >= 0.6 is 0 Å². The van der Waals surface area contributed by atoms with E-state index in [4.69, 9.17) is 4.74 Å². The minimum absolute atomic E-state index is 0.126. The van der Waals surface area contributed by atoms with Crippen LogP contribution in [-0.4, -0.2) is 58.6 Å². The van der Waals surface area contributed by atoms with Crippen LogP contribution in [0.15, 0.2) is 61.2 Å². The monoisotopic (exact) mass is 421 g/mol. The van der Waals surface area contributed by atoms with E-state index in [1.807, 2.05) is 24.3 Å². The molecule has 1 aliphatic heterocycles. The normalized spacial score (nSPS) is 14.2. The Hall–Kier alpha value is -3.88. The number of hydrogen-bond donors (Lipinski definition) is 0. The van der Waals surface area contributed by atoms with Crippen LogP contribution in [0.3, 0.4) is 0 Å². The van der Waals surface area contributed by atoms with Gasteiger partial charge in [-0.2, -0.15) is 0 Å². The van der Waals surface area contributed by atoms with Crippen LogP contribution in [0.4, 0.5) is 11.4 Å². The number of nitro groups is 1. The van der Waals surface area contributed by atoms with Crippen molar-refractivity contribution in [3.8, 4) is 11.4 Å². The zero-order valence-electron chi connectivity index (χ0n) is 17.2. The molecule has 1 fully saturated rings. The number of imidazole rings is 1. The molecule has 3 aromatic rings. The molecule has 9 heteroatoms. The first-order chi connectivity index (χ1) is 15.1. The van der Waals surface area contributed by atoms with Crippen molar-refractivity contribution < 1.29 is 14.5 Å². The molecule has 0 N–H and O–H groups in total. The fraction of sp³-hybridized carbons (Fsp3) is 0.273. The molecule has 2 aromatic carbocycles. The highest BCUT2D eigenvalue weighted by atomic mass is 16.6. The van der Waals surface area contributed by atoms with Gasteiger partial charge in [-0.1, -0.05) is 0 Å². The van der Waals surface area contributed by atoms with Gasteiger partial charge in [0, 0.05) is 55.9 Å². The van der Waals surface area contributed by atoms with Crippen molar-refractivity contribution in [3.05, 3.63) is 76.9 Å². The third kappa shape index (κ3) is 4.35. The van der Waals surface area contributed by atoms with E-state index in [-0.39, 0.29) is 11.6 Å². The van der Waals surface area contributed by atoms with Gasteiger partial charge in [0.2, 0.25) is 0 Å². The van der Waals surface area contributed by atoms with Gasteiger partial charge in [-0.05, 0) is 42.8 Å². The molecule has 2 heterocycles. The lowest BCUT2D eigenvalue weighted by Gasteiger charge is -2.24. The van der Waals surface area contributed by atoms with Crippen LogP contribution in [0, 0.1) is 10.1 Å². The van der Waals surface area contributed by atoms with Gasteiger partial charge in [-0.15, -0.1) is 0 Å². The molecule has 0 bridgehead atoms. The predicted octanol–water partition coefficient (Wildman–Crippen LogP) is 3.14. The molecule has 0 radical (unpaired) electrons. The Morgan fingerprint density at radius 1 is 1.10 bits per heavy atom. The average molecular weight is 421 g/mol. The highest BCUT2D eigenvalue weighted by Crippen LogP contribution is 2.26. The summed E-state index contributed by atoms with van der Waals surface area (Å²) in [7, 11) is 1.64. The Labute approximate surface area is 179 Å². The maximum Gasteiger partial charge on any atom is 0.294 e. The summed E-state index contributed by atoms with van der Waals surface area (Å²) in [6.45, 7) is 2.66. The van der Waals surface area contributed by atoms with E-state index in [0.717, 1.165) is 24.4 Å². The van der Waals surface area contributed by atoms with Gasteiger partial charge < -0.3 is 19.1 Å². The van der Waals surface area contributed by atoms with Gasteiger partial charge >= 0.3 is 0 Å². The maximum atomic E-state index is 13.1. The summed E-state index contributed by atoms with van der Waals surface area (Å²) < 4.78 is 6.77. The van der Waals surface area contributed by atoms with Crippen molar-refractivity contribution >= 4 is 17.3 Å². The molecule has 1 aliphatic rings. The average Bonchev–Trinajstić information content (AvgIpc) is 3.22. The van der Waals surface area contributed by atoms with E-state index < -0.39 is 4.92 Å². The van der Waals surface area contributed by atoms with Gasteiger partial charge in [0.1, 0.15) is 11.4 Å². The van der Waals surface area contributed by atoms with Crippen molar-refractivity contribution in [1.29, 1.82) is 0 Å². The Balaban J connectivity index is 1.50. The number of carbonyl (C=O) groups excluding carboxylic acids is 1. The van der Waals surface area contributed by atoms with E-state index in [9.17, 15) is 14.9 Å². The minimum atomic E-state index is -0.472. The fourth-order valence-electron chi connectivity index (χ4n) is 3.78. The molecule has 0 aliphatic carbocycles. The largest absolute Gasteiger partial charge is 0.497 e. The van der Waals surface area contributed by atoms with Gasteiger partial charge in [0.25, 0.3) is 11.6 Å². The summed E-state index contributed by atoms with van der Waals surface area (Å²) >= 11 is 0. The third-order valence-electron chi connectivity index (χ3n) is 5.42. The van der Waals surface area contributed by atoms with Crippen LogP contribution in [0.1, 0.15) is 16.8 Å². The first kappa shape index (κ1) is 20.4. The van der Waals surface area contributed by atoms with Crippen molar-refractivity contribution in [1.82, 2.24) is 14.5 Å². The number of hydrogen-bond acceptors (Lipinski definition) is 6. The van der Waals surface area contributed by atoms with Crippen LogP contribution in [0.25, 0.3) is 5.69 Å². The quantitative estimate of drug-likeness (QED) is 0.464. The number of nitrogens with zero attached hydrogens (tertiary/aromatic N) is 5. The summed E-state index contributed by atoms with van der Waals surface area (Å²) in [5.74, 6) is 0.605. The van der Waals surface area contributed by atoms with Gasteiger partial charge in [0.15, 0.2) is 0 Å². The van der Waals surface area contributed by atoms with Crippen molar-refractivity contribution in [2.45, 2.75) is 6.42 Å². The molecule has 160 valence electrons. The molecule has 31 heavy (non-hydrogen) atoms. The van der Waals surface area contributed by atoms with Crippen LogP contribution < -0.4 is 9.64 Å². The summed E-state index contributed by atoms with van der Waals surface area (Å²) in [4.78, 5) is 32.2. The van der Waals surface area contributed by atoms with Gasteiger partial charge in [-0.3, -0.25) is 14.9 Å². The number of methoxy groups -OCH3 is 1. The molecule has 9 nitrogen and oxygen atoms in total. The number of nitro benzene ring substituents is 1. The predicted molar refractivity (Wildman–Crippen MR) is 116 cm³/mol. The number of aromatic nitrogens is 2. The molecule has 0 atom stereocenters. The smallest absolute Gasteiger partial charge is 0.294 e. The Kier molecular flexibility index (Phi) is 5.83. The van der Waals surface area contributed by atoms with E-state index in [0.29, 0.717) is 30.9 Å². The van der Waals surface area contributed by atoms with Crippen molar-refractivity contribution in [2.24, 2.45) is 0 Å². The molecule has 0 saturated carbocycles. The lowest BCUT2D eigenvalue weighted by molar-refractivity contribution is -0.384. The number of benzene rings is 2. The van der Waals surface area contributed by atoms with E-state index >= 15 is 0 Å². The summed E-state index contributed by atoms with van der Waals surface area (Å²) in [6.07, 6.45) is 5.49. The standard InChI is InChI=1S/C22H23N5O4/c1-31-19-6-4-18(5-7-19)24-10-2-11-25(14-13-24)22(28)17-3-8-20(21(15-17)27(29)30)26-12-9-23-16-26/h3-9,12,15-16H,2,10-11,13-14H2,1H3. The first-order valence-corrected chi connectivity index (χ1v) is 10.0. The van der Waals surface area contributed by atoms with Crippen molar-refractivity contribution in [3.63, 3.8) is 0 Å². The molecular weight excluding hydrogens is 398 g/mol. The SMILES string of the molecule is COc1ccc(N2CCCN(C(=O)c3ccc(-n4ccnc4)c([N+](=O)[O-])c3)CC2)cc1. The molecule has 0 unspecified atom stereocenters. The summed E-state index contributed by atoms with van der Waals surface area (Å²) in [5.41, 5.74) is 1.64. The zero-order chi connectivity index (χ0) is 21.8. The Bertz CT molecular complexity index is 1070. The van der Waals surface area contributed by atoms with Crippen molar-refractivity contribution in [2.75, 3.05) is 38.2 Å². The highest BCUT2D eigenvalue weighted by Gasteiger charge is 2.24. The zero-order valence-corrected chi connectivity index (χ0v) is 17.2. The molecule has 0 spiro atoms. The van der Waals surface area contributed by atoms with Crippen LogP contribution in [0.5, 0.6) is 5.75 Å². The maximum absolute atomic E-state index is 13.1. The van der Waals surface area contributed by atoms with Crippen LogP contribution in [0.2, 0.25) is 0 Å². The van der Waals surface area contributed by atoms with Gasteiger partial charge in [-0.25, -0.2) is 4.98 Å². The Morgan fingerprint density at radius 2 is 1.90 bits per heavy atom. The fourth-order valence-corrected chi connectivity index (χ4v) is 3.78.